The van der Waals surface area contributed by atoms with E-state index < -0.39 is 117 Å². The number of halogens is 1. The molecule has 3 fully saturated rings. The Balaban J connectivity index is 1.03. The van der Waals surface area contributed by atoms with Gasteiger partial charge in [-0.2, -0.15) is 0 Å². The molecule has 0 spiro atoms. The van der Waals surface area contributed by atoms with Gasteiger partial charge in [0.2, 0.25) is 35.8 Å². The van der Waals surface area contributed by atoms with Crippen molar-refractivity contribution in [2.75, 3.05) is 50.5 Å². The molecular formula is C43H59IN10O17. The van der Waals surface area contributed by atoms with Crippen molar-refractivity contribution in [3.8, 4) is 5.75 Å². The van der Waals surface area contributed by atoms with Gasteiger partial charge in [0.25, 0.3) is 0 Å². The van der Waals surface area contributed by atoms with Gasteiger partial charge in [-0.3, -0.25) is 28.9 Å². The molecule has 0 saturated carbocycles. The molecule has 0 bridgehead atoms. The number of amides is 6. The van der Waals surface area contributed by atoms with Crippen LogP contribution in [0.15, 0.2) is 30.9 Å². The molecule has 6 rings (SSSR count). The normalized spacial score (nSPS) is 27.0. The molecule has 12 atom stereocenters. The minimum Gasteiger partial charge on any atom is -0.460 e. The number of anilines is 2. The van der Waals surface area contributed by atoms with Crippen molar-refractivity contribution in [2.24, 2.45) is 5.92 Å². The van der Waals surface area contributed by atoms with E-state index in [1.54, 1.807) is 0 Å². The lowest BCUT2D eigenvalue weighted by atomic mass is 9.95. The predicted molar refractivity (Wildman–Crippen MR) is 252 cm³/mol. The Morgan fingerprint density at radius 3 is 2.44 bits per heavy atom. The first-order chi connectivity index (χ1) is 33.9. The number of aliphatic hydroxyl groups excluding tert-OH is 7. The van der Waals surface area contributed by atoms with E-state index in [1.807, 2.05) is 6.92 Å². The number of aliphatic hydroxyl groups is 7. The van der Waals surface area contributed by atoms with Gasteiger partial charge in [-0.15, -0.1) is 0 Å². The zero-order chi connectivity index (χ0) is 51.5. The van der Waals surface area contributed by atoms with Gasteiger partial charge in [-0.05, 0) is 24.1 Å². The maximum atomic E-state index is 13.2. The molecule has 27 nitrogen and oxygen atoms in total. The number of carbonyl (C=O) groups is 6. The number of benzene rings is 1. The Hall–Kier alpha value is -5.44. The van der Waals surface area contributed by atoms with Crippen LogP contribution in [0.2, 0.25) is 0 Å². The standard InChI is InChI=1S/C43H59IN10O17/c1-3-4-5-22(44)21-13-30(60)54(41(21)66)11-9-27(57)45-10-8-28(58)50-23-12-20(6-7-24(23)70-42-37(65)35(63)33(61)26(16-56)71-42)17-68-43(67)53(2)14-29(59)51-31-25(15-55)69-40(36(64)34(31)62)52-39-32-38(47-18-46-32)48-19-49-39/h6-7,12,18-19,21-22,25-26,31,33-37,40,42,55-56,61-65H,3-5,8-11,13-17H2,1-2H3,(H,45,57)(H,50,58)(H,51,59)(H2,46,47,48,49,52)/t21?,22?,25-,26+,31-,33+,34+,35-,36-,37-,40-,42-/m0/s1. The molecule has 6 amide bonds. The maximum Gasteiger partial charge on any atom is 0.410 e. The third kappa shape index (κ3) is 13.7. The minimum absolute atomic E-state index is 0.000327. The van der Waals surface area contributed by atoms with E-state index in [0.717, 1.165) is 29.1 Å². The highest BCUT2D eigenvalue weighted by Gasteiger charge is 2.47. The summed E-state index contributed by atoms with van der Waals surface area (Å²) in [6.45, 7) is -0.720. The second-order valence-corrected chi connectivity index (χ2v) is 18.7. The Morgan fingerprint density at radius 1 is 0.944 bits per heavy atom. The van der Waals surface area contributed by atoms with E-state index in [-0.39, 0.29) is 70.9 Å². The predicted octanol–water partition coefficient (Wildman–Crippen LogP) is -2.66. The number of hydrogen-bond donors (Lipinski definition) is 12. The summed E-state index contributed by atoms with van der Waals surface area (Å²) in [6, 6.07) is 2.73. The Morgan fingerprint density at radius 2 is 1.70 bits per heavy atom. The van der Waals surface area contributed by atoms with Crippen LogP contribution in [0.25, 0.3) is 11.2 Å². The molecular weight excluding hydrogens is 1060 g/mol. The van der Waals surface area contributed by atoms with Crippen LogP contribution in [0.1, 0.15) is 51.0 Å². The molecule has 0 aliphatic carbocycles. The lowest BCUT2D eigenvalue weighted by molar-refractivity contribution is -0.277. The van der Waals surface area contributed by atoms with Crippen LogP contribution in [0.4, 0.5) is 16.3 Å². The summed E-state index contributed by atoms with van der Waals surface area (Å²) in [5.74, 6) is -3.02. The molecule has 12 N–H and O–H groups in total. The SMILES string of the molecule is CCCCC(I)C1CC(=O)N(CCC(=O)NCCC(=O)Nc2cc(COC(=O)N(C)CC(=O)N[C@@H]3[C@@H](O)[C@H](O)[C@@H](Nc4ncnc5nc[nH]c45)O[C@H]3CO)ccc2O[C@H]2O[C@H](CO)[C@@H](O)[C@H](O)[C@@H]2O)C1=O. The fourth-order valence-corrected chi connectivity index (χ4v) is 9.01. The summed E-state index contributed by atoms with van der Waals surface area (Å²) in [5.41, 5.74) is 0.894. The number of rotatable bonds is 22. The average Bonchev–Trinajstić information content (AvgIpc) is 3.95. The molecule has 3 aromatic rings. The number of unbranched alkanes of at least 4 members (excludes halogenated alkanes) is 1. The summed E-state index contributed by atoms with van der Waals surface area (Å²) in [4.78, 5) is 94.7. The highest BCUT2D eigenvalue weighted by atomic mass is 127. The molecule has 71 heavy (non-hydrogen) atoms. The van der Waals surface area contributed by atoms with Crippen LogP contribution in [-0.4, -0.2) is 206 Å². The summed E-state index contributed by atoms with van der Waals surface area (Å²) in [7, 11) is 1.24. The number of ether oxygens (including phenoxy) is 4. The topological polar surface area (TPSA) is 390 Å². The van der Waals surface area contributed by atoms with Gasteiger partial charge < -0.3 is 85.8 Å². The van der Waals surface area contributed by atoms with E-state index in [9.17, 15) is 64.5 Å². The fourth-order valence-electron chi connectivity index (χ4n) is 8.01. The molecule has 5 heterocycles. The minimum atomic E-state index is -1.81. The Kier molecular flexibility index (Phi) is 19.5. The van der Waals surface area contributed by atoms with Crippen molar-refractivity contribution in [3.63, 3.8) is 0 Å². The van der Waals surface area contributed by atoms with E-state index in [1.165, 1.54) is 37.9 Å². The second-order valence-electron chi connectivity index (χ2n) is 17.1. The third-order valence-corrected chi connectivity index (χ3v) is 13.5. The van der Waals surface area contributed by atoms with Gasteiger partial charge in [-0.1, -0.05) is 48.4 Å². The molecule has 2 aromatic heterocycles. The van der Waals surface area contributed by atoms with Crippen molar-refractivity contribution in [2.45, 2.75) is 117 Å². The van der Waals surface area contributed by atoms with Crippen LogP contribution >= 0.6 is 22.6 Å². The van der Waals surface area contributed by atoms with E-state index >= 15 is 0 Å². The third-order valence-electron chi connectivity index (χ3n) is 12.0. The van der Waals surface area contributed by atoms with Crippen molar-refractivity contribution in [3.05, 3.63) is 36.4 Å². The molecule has 0 radical (unpaired) electrons. The van der Waals surface area contributed by atoms with Crippen molar-refractivity contribution < 1.29 is 83.5 Å². The molecule has 28 heteroatoms. The highest BCUT2D eigenvalue weighted by molar-refractivity contribution is 14.1. The maximum absolute atomic E-state index is 13.2. The number of likely N-dealkylation sites (N-methyl/N-ethyl adjacent to an activating group) is 1. The number of alkyl halides is 1. The molecule has 3 saturated heterocycles. The zero-order valence-electron chi connectivity index (χ0n) is 38.6. The summed E-state index contributed by atoms with van der Waals surface area (Å²) in [5, 5.41) is 83.3. The van der Waals surface area contributed by atoms with E-state index in [0.29, 0.717) is 11.2 Å². The summed E-state index contributed by atoms with van der Waals surface area (Å²) >= 11 is 2.19. The fraction of sp³-hybridized carbons (Fsp3) is 0.605. The van der Waals surface area contributed by atoms with Crippen LogP contribution in [0.3, 0.4) is 0 Å². The van der Waals surface area contributed by atoms with Crippen LogP contribution in [0, 0.1) is 5.92 Å². The molecule has 3 aliphatic heterocycles. The number of H-pyrrole nitrogens is 1. The number of imidazole rings is 1. The molecule has 3 aliphatic rings. The number of nitrogens with zero attached hydrogens (tertiary/aromatic N) is 5. The number of hydrogen-bond acceptors (Lipinski definition) is 21. The number of carbonyl (C=O) groups excluding carboxylic acids is 6. The first kappa shape index (κ1) is 54.9. The number of aromatic nitrogens is 4. The number of fused-ring (bicyclic) bond motifs is 1. The molecule has 2 unspecified atom stereocenters. The van der Waals surface area contributed by atoms with Gasteiger partial charge in [0.05, 0.1) is 37.2 Å². The summed E-state index contributed by atoms with van der Waals surface area (Å²) in [6.07, 6.45) is -10.2. The first-order valence-electron chi connectivity index (χ1n) is 22.8. The second kappa shape index (κ2) is 25.3. The van der Waals surface area contributed by atoms with Crippen LogP contribution < -0.4 is 26.0 Å². The van der Waals surface area contributed by atoms with E-state index in [2.05, 4.69) is 63.8 Å². The monoisotopic (exact) mass is 1110 g/mol. The number of likely N-dealkylation sites (tertiary alicyclic amines) is 1. The van der Waals surface area contributed by atoms with Gasteiger partial charge in [-0.25, -0.2) is 19.7 Å². The van der Waals surface area contributed by atoms with Crippen molar-refractivity contribution in [1.29, 1.82) is 0 Å². The van der Waals surface area contributed by atoms with Gasteiger partial charge in [0.1, 0.15) is 73.5 Å². The van der Waals surface area contributed by atoms with Crippen LogP contribution in [0.5, 0.6) is 5.75 Å². The Bertz CT molecular complexity index is 2350. The van der Waals surface area contributed by atoms with Gasteiger partial charge in [0, 0.05) is 43.3 Å². The quantitative estimate of drug-likeness (QED) is 0.0277. The Labute approximate surface area is 419 Å². The van der Waals surface area contributed by atoms with E-state index in [4.69, 9.17) is 18.9 Å². The molecule has 390 valence electrons. The number of nitrogens with one attached hydrogen (secondary N) is 5. The lowest BCUT2D eigenvalue weighted by Crippen LogP contribution is -2.66. The van der Waals surface area contributed by atoms with Crippen molar-refractivity contribution in [1.82, 2.24) is 40.4 Å². The van der Waals surface area contributed by atoms with Crippen LogP contribution in [-0.2, 0) is 44.8 Å². The average molecular weight is 1110 g/mol. The van der Waals surface area contributed by atoms with Crippen molar-refractivity contribution >= 4 is 80.9 Å². The van der Waals surface area contributed by atoms with Gasteiger partial charge in [0.15, 0.2) is 17.7 Å². The number of aromatic amines is 1. The molecule has 1 aromatic carbocycles. The largest absolute Gasteiger partial charge is 0.460 e. The number of imide groups is 1. The lowest BCUT2D eigenvalue weighted by Gasteiger charge is -2.42. The zero-order valence-corrected chi connectivity index (χ0v) is 40.8. The van der Waals surface area contributed by atoms with Gasteiger partial charge >= 0.3 is 6.09 Å². The smallest absolute Gasteiger partial charge is 0.410 e. The summed E-state index contributed by atoms with van der Waals surface area (Å²) < 4.78 is 22.4. The first-order valence-corrected chi connectivity index (χ1v) is 24.0. The highest BCUT2D eigenvalue weighted by Crippen LogP contribution is 2.33.